The molecule has 0 aromatic carbocycles. The van der Waals surface area contributed by atoms with Crippen LogP contribution < -0.4 is 5.64 Å². The van der Waals surface area contributed by atoms with Gasteiger partial charge in [-0.15, -0.1) is 0 Å². The maximum absolute atomic E-state index is 4.00. The highest BCUT2D eigenvalue weighted by Crippen LogP contribution is 2.05. The molecule has 0 atom stereocenters. The van der Waals surface area contributed by atoms with Crippen LogP contribution in [0.2, 0.25) is 0 Å². The highest BCUT2D eigenvalue weighted by molar-refractivity contribution is 6.02. The molecule has 0 aliphatic rings. The molecule has 0 fully saturated rings. The van der Waals surface area contributed by atoms with Crippen LogP contribution in [0.1, 0.15) is 27.7 Å². The fourth-order valence-corrected chi connectivity index (χ4v) is 0. The molecule has 1 nitrogen and oxygen atoms in total. The molecular formula is C6H16BN. The summed E-state index contributed by atoms with van der Waals surface area (Å²) in [5, 5.41) is 0. The van der Waals surface area contributed by atoms with Crippen molar-refractivity contribution in [2.24, 2.45) is 17.5 Å². The molecule has 0 amide bonds. The zero-order chi connectivity index (χ0) is 7.15. The summed E-state index contributed by atoms with van der Waals surface area (Å²) in [5.41, 5.74) is 4.00. The van der Waals surface area contributed by atoms with E-state index in [0.717, 1.165) is 11.8 Å². The summed E-state index contributed by atoms with van der Waals surface area (Å²) in [7, 11) is 4.00. The van der Waals surface area contributed by atoms with Gasteiger partial charge < -0.3 is 5.64 Å². The van der Waals surface area contributed by atoms with Crippen molar-refractivity contribution in [2.45, 2.75) is 27.7 Å². The Hall–Kier alpha value is 0.0249. The van der Waals surface area contributed by atoms with Crippen LogP contribution in [-0.2, 0) is 0 Å². The van der Waals surface area contributed by atoms with E-state index in [2.05, 4.69) is 41.3 Å². The molecule has 0 aromatic rings. The number of hydrogen-bond acceptors (Lipinski definition) is 1. The van der Waals surface area contributed by atoms with E-state index in [4.69, 9.17) is 0 Å². The average molecular weight is 113 g/mol. The van der Waals surface area contributed by atoms with E-state index in [1.165, 1.54) is 0 Å². The van der Waals surface area contributed by atoms with Gasteiger partial charge in [0.05, 0.1) is 0 Å². The lowest BCUT2D eigenvalue weighted by atomic mass is 10.0. The first-order chi connectivity index (χ1) is 3.64. The summed E-state index contributed by atoms with van der Waals surface area (Å²) in [4.78, 5) is 0. The van der Waals surface area contributed by atoms with Gasteiger partial charge in [-0.2, -0.15) is 0 Å². The van der Waals surface area contributed by atoms with Crippen molar-refractivity contribution < 1.29 is 0 Å². The molecule has 0 spiro atoms. The fraction of sp³-hybridized carbons (Fsp3) is 1.00. The Kier molecular flexibility index (Phi) is 9.58. The molecule has 0 aromatic heterocycles. The second kappa shape index (κ2) is 7.02. The van der Waals surface area contributed by atoms with Gasteiger partial charge in [0.2, 0.25) is 0 Å². The molecule has 0 unspecified atom stereocenters. The van der Waals surface area contributed by atoms with Gasteiger partial charge in [0, 0.05) is 0 Å². The minimum Gasteiger partial charge on any atom is -0.380 e. The standard InChI is InChI=1S/C6H14.BH2N/c1-5(2)6(3)4;1-2/h5-6H,1-4H3;2H2. The Morgan fingerprint density at radius 2 is 1.00 bits per heavy atom. The molecule has 8 heavy (non-hydrogen) atoms. The lowest BCUT2D eigenvalue weighted by Gasteiger charge is -2.05. The quantitative estimate of drug-likeness (QED) is 0.510. The molecule has 2 radical (unpaired) electrons. The van der Waals surface area contributed by atoms with Gasteiger partial charge in [0.25, 0.3) is 0 Å². The van der Waals surface area contributed by atoms with Crippen LogP contribution in [0.3, 0.4) is 0 Å². The summed E-state index contributed by atoms with van der Waals surface area (Å²) >= 11 is 0. The van der Waals surface area contributed by atoms with Crippen LogP contribution in [0.15, 0.2) is 0 Å². The summed E-state index contributed by atoms with van der Waals surface area (Å²) in [6, 6.07) is 0. The summed E-state index contributed by atoms with van der Waals surface area (Å²) in [6.07, 6.45) is 0. The van der Waals surface area contributed by atoms with E-state index in [9.17, 15) is 0 Å². The maximum Gasteiger partial charge on any atom is 0.174 e. The van der Waals surface area contributed by atoms with Crippen LogP contribution in [-0.4, -0.2) is 7.98 Å². The van der Waals surface area contributed by atoms with Gasteiger partial charge in [-0.05, 0) is 11.8 Å². The second-order valence-corrected chi connectivity index (χ2v) is 2.49. The Labute approximate surface area is 54.1 Å². The first-order valence-electron chi connectivity index (χ1n) is 2.98. The second-order valence-electron chi connectivity index (χ2n) is 2.49. The molecule has 0 bridgehead atoms. The predicted octanol–water partition coefficient (Wildman–Crippen LogP) is 1.33. The minimum absolute atomic E-state index is 0.852. The normalized spacial score (nSPS) is 8.88. The first kappa shape index (κ1) is 10.9. The predicted molar refractivity (Wildman–Crippen MR) is 39.6 cm³/mol. The van der Waals surface area contributed by atoms with Gasteiger partial charge in [0.1, 0.15) is 0 Å². The molecule has 2 heteroatoms. The van der Waals surface area contributed by atoms with Crippen molar-refractivity contribution in [2.75, 3.05) is 0 Å². The lowest BCUT2D eigenvalue weighted by Crippen LogP contribution is -1.95. The van der Waals surface area contributed by atoms with Gasteiger partial charge in [0.15, 0.2) is 7.98 Å². The smallest absolute Gasteiger partial charge is 0.174 e. The Morgan fingerprint density at radius 3 is 1.00 bits per heavy atom. The van der Waals surface area contributed by atoms with Crippen LogP contribution in [0.5, 0.6) is 0 Å². The first-order valence-corrected chi connectivity index (χ1v) is 2.98. The van der Waals surface area contributed by atoms with Crippen molar-refractivity contribution in [3.8, 4) is 0 Å². The maximum atomic E-state index is 4.00. The van der Waals surface area contributed by atoms with Crippen molar-refractivity contribution >= 4 is 7.98 Å². The van der Waals surface area contributed by atoms with Gasteiger partial charge in [-0.1, -0.05) is 27.7 Å². The van der Waals surface area contributed by atoms with Crippen molar-refractivity contribution in [3.05, 3.63) is 0 Å². The fourth-order valence-electron chi connectivity index (χ4n) is 0. The minimum atomic E-state index is 0.852. The molecule has 0 rings (SSSR count). The average Bonchev–Trinajstić information content (AvgIpc) is 1.72. The Bertz CT molecular complexity index is 29.5. The molecule has 0 saturated carbocycles. The summed E-state index contributed by atoms with van der Waals surface area (Å²) in [5.74, 6) is 1.70. The third kappa shape index (κ3) is 9.39. The van der Waals surface area contributed by atoms with E-state index >= 15 is 0 Å². The molecular weight excluding hydrogens is 96.9 g/mol. The van der Waals surface area contributed by atoms with E-state index in [0.29, 0.717) is 0 Å². The molecule has 0 aliphatic carbocycles. The molecule has 2 N–H and O–H groups in total. The number of nitrogens with two attached hydrogens (primary N) is 1. The number of hydrogen-bond donors (Lipinski definition) is 1. The van der Waals surface area contributed by atoms with Gasteiger partial charge >= 0.3 is 0 Å². The van der Waals surface area contributed by atoms with E-state index in [1.54, 1.807) is 0 Å². The van der Waals surface area contributed by atoms with E-state index in [1.807, 2.05) is 0 Å². The molecule has 0 heterocycles. The van der Waals surface area contributed by atoms with Crippen LogP contribution in [0, 0.1) is 11.8 Å². The lowest BCUT2D eigenvalue weighted by molar-refractivity contribution is 0.457. The Morgan fingerprint density at radius 1 is 0.875 bits per heavy atom. The SMILES string of the molecule is CC(C)C(C)C.[B]N. The Balaban J connectivity index is 0. The van der Waals surface area contributed by atoms with Gasteiger partial charge in [-0.25, -0.2) is 0 Å². The third-order valence-electron chi connectivity index (χ3n) is 1.33. The van der Waals surface area contributed by atoms with Crippen LogP contribution in [0.4, 0.5) is 0 Å². The van der Waals surface area contributed by atoms with E-state index in [-0.39, 0.29) is 0 Å². The number of rotatable bonds is 1. The monoisotopic (exact) mass is 113 g/mol. The third-order valence-corrected chi connectivity index (χ3v) is 1.33. The van der Waals surface area contributed by atoms with Gasteiger partial charge in [-0.3, -0.25) is 0 Å². The molecule has 0 aliphatic heterocycles. The summed E-state index contributed by atoms with van der Waals surface area (Å²) in [6.45, 7) is 8.96. The molecule has 48 valence electrons. The highest BCUT2D eigenvalue weighted by Gasteiger charge is 1.95. The topological polar surface area (TPSA) is 26.0 Å². The largest absolute Gasteiger partial charge is 0.380 e. The van der Waals surface area contributed by atoms with Crippen LogP contribution in [0.25, 0.3) is 0 Å². The zero-order valence-corrected chi connectivity index (χ0v) is 6.31. The van der Waals surface area contributed by atoms with Crippen molar-refractivity contribution in [3.63, 3.8) is 0 Å². The molecule has 0 saturated heterocycles. The summed E-state index contributed by atoms with van der Waals surface area (Å²) < 4.78 is 0. The zero-order valence-electron chi connectivity index (χ0n) is 6.31. The highest BCUT2D eigenvalue weighted by atomic mass is 14.3. The van der Waals surface area contributed by atoms with E-state index < -0.39 is 0 Å². The van der Waals surface area contributed by atoms with Crippen LogP contribution >= 0.6 is 0 Å². The van der Waals surface area contributed by atoms with Crippen molar-refractivity contribution in [1.29, 1.82) is 0 Å². The van der Waals surface area contributed by atoms with Crippen molar-refractivity contribution in [1.82, 2.24) is 0 Å².